The molecule has 0 rings (SSSR count). The van der Waals surface area contributed by atoms with Crippen molar-refractivity contribution in [3.05, 3.63) is 0 Å². The summed E-state index contributed by atoms with van der Waals surface area (Å²) in [6, 6.07) is 0. The summed E-state index contributed by atoms with van der Waals surface area (Å²) in [7, 11) is 0. The number of halogens is 2. The first-order chi connectivity index (χ1) is 4.15. The molecule has 1 N–H and O–H groups in total. The largest absolute Gasteiger partial charge is 0.386 e. The molecule has 0 aromatic heterocycles. The molecule has 0 aliphatic heterocycles. The molecule has 0 aliphatic carbocycles. The number of hydrogen-bond acceptors (Lipinski definition) is 1. The molecule has 0 aromatic carbocycles. The summed E-state index contributed by atoms with van der Waals surface area (Å²) in [6.07, 6.45) is -1.57. The number of rotatable bonds is 2. The van der Waals surface area contributed by atoms with Crippen LogP contribution in [-0.4, -0.2) is 22.5 Å². The zero-order chi connectivity index (χ0) is 8.58. The van der Waals surface area contributed by atoms with Crippen LogP contribution in [0.4, 0.5) is 8.78 Å². The monoisotopic (exact) mass is 152 g/mol. The maximum absolute atomic E-state index is 12.8. The van der Waals surface area contributed by atoms with Crippen LogP contribution in [0.2, 0.25) is 0 Å². The minimum Gasteiger partial charge on any atom is -0.386 e. The standard InChI is InChI=1S/C7H14F2O/c1-6(2,8)5(10)7(3,4)9/h5,10H,1-4H3. The van der Waals surface area contributed by atoms with Crippen LogP contribution in [0, 0.1) is 0 Å². The molecule has 0 aromatic rings. The van der Waals surface area contributed by atoms with E-state index in [2.05, 4.69) is 0 Å². The first-order valence-corrected chi connectivity index (χ1v) is 3.21. The fourth-order valence-corrected chi connectivity index (χ4v) is 0.816. The molecule has 10 heavy (non-hydrogen) atoms. The van der Waals surface area contributed by atoms with Gasteiger partial charge in [0.25, 0.3) is 0 Å². The van der Waals surface area contributed by atoms with Gasteiger partial charge in [0.1, 0.15) is 17.4 Å². The Hall–Kier alpha value is -0.180. The van der Waals surface area contributed by atoms with E-state index in [-0.39, 0.29) is 0 Å². The molecular formula is C7H14F2O. The van der Waals surface area contributed by atoms with Crippen molar-refractivity contribution in [2.75, 3.05) is 0 Å². The van der Waals surface area contributed by atoms with E-state index in [0.717, 1.165) is 27.7 Å². The molecule has 0 radical (unpaired) electrons. The Morgan fingerprint density at radius 3 is 1.20 bits per heavy atom. The fourth-order valence-electron chi connectivity index (χ4n) is 0.816. The molecule has 0 spiro atoms. The smallest absolute Gasteiger partial charge is 0.134 e. The Morgan fingerprint density at radius 2 is 1.20 bits per heavy atom. The molecule has 0 saturated carbocycles. The van der Waals surface area contributed by atoms with Gasteiger partial charge in [0.05, 0.1) is 0 Å². The number of hydrogen-bond donors (Lipinski definition) is 1. The third kappa shape index (κ3) is 2.60. The van der Waals surface area contributed by atoms with Gasteiger partial charge in [-0.15, -0.1) is 0 Å². The molecule has 0 saturated heterocycles. The lowest BCUT2D eigenvalue weighted by Gasteiger charge is -2.29. The van der Waals surface area contributed by atoms with Crippen molar-refractivity contribution in [2.24, 2.45) is 0 Å². The van der Waals surface area contributed by atoms with E-state index >= 15 is 0 Å². The molecule has 0 unspecified atom stereocenters. The minimum atomic E-state index is -1.88. The Bertz CT molecular complexity index is 95.8. The van der Waals surface area contributed by atoms with E-state index in [1.54, 1.807) is 0 Å². The molecular weight excluding hydrogens is 138 g/mol. The van der Waals surface area contributed by atoms with Crippen LogP contribution in [0.25, 0.3) is 0 Å². The van der Waals surface area contributed by atoms with E-state index in [1.165, 1.54) is 0 Å². The molecule has 0 fully saturated rings. The number of aliphatic hydroxyl groups is 1. The second kappa shape index (κ2) is 2.46. The topological polar surface area (TPSA) is 20.2 Å². The lowest BCUT2D eigenvalue weighted by atomic mass is 9.91. The highest BCUT2D eigenvalue weighted by atomic mass is 19.2. The predicted octanol–water partition coefficient (Wildman–Crippen LogP) is 1.84. The Labute approximate surface area is 60.1 Å². The maximum atomic E-state index is 12.8. The molecule has 62 valence electrons. The van der Waals surface area contributed by atoms with Crippen LogP contribution >= 0.6 is 0 Å². The molecule has 1 nitrogen and oxygen atoms in total. The van der Waals surface area contributed by atoms with Gasteiger partial charge in [-0.2, -0.15) is 0 Å². The summed E-state index contributed by atoms with van der Waals surface area (Å²) in [5, 5.41) is 8.97. The second-order valence-corrected chi connectivity index (χ2v) is 3.53. The van der Waals surface area contributed by atoms with Gasteiger partial charge in [0.2, 0.25) is 0 Å². The maximum Gasteiger partial charge on any atom is 0.134 e. The van der Waals surface area contributed by atoms with Crippen LogP contribution in [0.1, 0.15) is 27.7 Å². The van der Waals surface area contributed by atoms with Crippen molar-refractivity contribution in [3.8, 4) is 0 Å². The fraction of sp³-hybridized carbons (Fsp3) is 1.00. The van der Waals surface area contributed by atoms with E-state index < -0.39 is 17.4 Å². The van der Waals surface area contributed by atoms with Gasteiger partial charge >= 0.3 is 0 Å². The predicted molar refractivity (Wildman–Crippen MR) is 36.4 cm³/mol. The lowest BCUT2D eigenvalue weighted by Crippen LogP contribution is -2.45. The van der Waals surface area contributed by atoms with Gasteiger partial charge < -0.3 is 5.11 Å². The quantitative estimate of drug-likeness (QED) is 0.640. The molecule has 0 aliphatic rings. The van der Waals surface area contributed by atoms with Crippen LogP contribution in [0.5, 0.6) is 0 Å². The van der Waals surface area contributed by atoms with Gasteiger partial charge in [-0.25, -0.2) is 8.78 Å². The van der Waals surface area contributed by atoms with Gasteiger partial charge in [-0.05, 0) is 27.7 Å². The Balaban J connectivity index is 4.23. The van der Waals surface area contributed by atoms with Crippen molar-refractivity contribution in [1.29, 1.82) is 0 Å². The third-order valence-electron chi connectivity index (χ3n) is 1.30. The molecule has 0 atom stereocenters. The third-order valence-corrected chi connectivity index (χ3v) is 1.30. The minimum absolute atomic E-state index is 1.15. The average molecular weight is 152 g/mol. The lowest BCUT2D eigenvalue weighted by molar-refractivity contribution is -0.0728. The molecule has 0 bridgehead atoms. The number of aliphatic hydroxyl groups excluding tert-OH is 1. The van der Waals surface area contributed by atoms with Gasteiger partial charge in [-0.3, -0.25) is 0 Å². The summed E-state index contributed by atoms with van der Waals surface area (Å²) in [6.45, 7) is 4.61. The zero-order valence-corrected chi connectivity index (χ0v) is 6.78. The van der Waals surface area contributed by atoms with E-state index in [9.17, 15) is 8.78 Å². The van der Waals surface area contributed by atoms with Crippen LogP contribution in [-0.2, 0) is 0 Å². The summed E-state index contributed by atoms with van der Waals surface area (Å²) in [5.74, 6) is 0. The van der Waals surface area contributed by atoms with Gasteiger partial charge in [-0.1, -0.05) is 0 Å². The first kappa shape index (κ1) is 9.82. The highest BCUT2D eigenvalue weighted by Crippen LogP contribution is 2.26. The second-order valence-electron chi connectivity index (χ2n) is 3.53. The highest BCUT2D eigenvalue weighted by Gasteiger charge is 2.39. The zero-order valence-electron chi connectivity index (χ0n) is 6.78. The van der Waals surface area contributed by atoms with Crippen molar-refractivity contribution in [2.45, 2.75) is 45.1 Å². The van der Waals surface area contributed by atoms with Crippen LogP contribution in [0.15, 0.2) is 0 Å². The Morgan fingerprint density at radius 1 is 1.00 bits per heavy atom. The van der Waals surface area contributed by atoms with Gasteiger partial charge in [0.15, 0.2) is 0 Å². The summed E-state index contributed by atoms with van der Waals surface area (Å²) < 4.78 is 25.6. The molecule has 3 heteroatoms. The van der Waals surface area contributed by atoms with E-state index in [4.69, 9.17) is 5.11 Å². The summed E-state index contributed by atoms with van der Waals surface area (Å²) in [5.41, 5.74) is -3.75. The van der Waals surface area contributed by atoms with Crippen molar-refractivity contribution < 1.29 is 13.9 Å². The highest BCUT2D eigenvalue weighted by molar-refractivity contribution is 4.89. The van der Waals surface area contributed by atoms with Crippen LogP contribution < -0.4 is 0 Å². The first-order valence-electron chi connectivity index (χ1n) is 3.21. The molecule has 0 amide bonds. The van der Waals surface area contributed by atoms with Crippen LogP contribution in [0.3, 0.4) is 0 Å². The SMILES string of the molecule is CC(C)(F)C(O)C(C)(C)F. The van der Waals surface area contributed by atoms with Gasteiger partial charge in [0, 0.05) is 0 Å². The Kier molecular flexibility index (Phi) is 2.41. The number of alkyl halides is 2. The molecule has 0 heterocycles. The van der Waals surface area contributed by atoms with Crippen molar-refractivity contribution >= 4 is 0 Å². The summed E-state index contributed by atoms with van der Waals surface area (Å²) >= 11 is 0. The summed E-state index contributed by atoms with van der Waals surface area (Å²) in [4.78, 5) is 0. The normalized spacial score (nSPS) is 14.4. The van der Waals surface area contributed by atoms with Crippen molar-refractivity contribution in [3.63, 3.8) is 0 Å². The van der Waals surface area contributed by atoms with E-state index in [0.29, 0.717) is 0 Å². The van der Waals surface area contributed by atoms with Crippen molar-refractivity contribution in [1.82, 2.24) is 0 Å². The average Bonchev–Trinajstić information content (AvgIpc) is 1.59. The van der Waals surface area contributed by atoms with E-state index in [1.807, 2.05) is 0 Å².